The molecule has 106 valence electrons. The first kappa shape index (κ1) is 14.4. The van der Waals surface area contributed by atoms with Gasteiger partial charge in [0.25, 0.3) is 0 Å². The van der Waals surface area contributed by atoms with Crippen molar-refractivity contribution in [2.75, 3.05) is 5.32 Å². The molecular formula is C14H16ClN3O2. The first-order valence-corrected chi connectivity index (χ1v) is 6.51. The third-order valence-corrected chi connectivity index (χ3v) is 3.04. The number of hydrogen-bond acceptors (Lipinski definition) is 2. The molecule has 1 aromatic carbocycles. The van der Waals surface area contributed by atoms with Crippen LogP contribution in [-0.4, -0.2) is 21.0 Å². The van der Waals surface area contributed by atoms with Gasteiger partial charge in [-0.25, -0.2) is 9.48 Å². The lowest BCUT2D eigenvalue weighted by atomic mass is 9.92. The third-order valence-electron chi connectivity index (χ3n) is 2.78. The van der Waals surface area contributed by atoms with Gasteiger partial charge in [0, 0.05) is 16.5 Å². The molecule has 1 heterocycles. The summed E-state index contributed by atoms with van der Waals surface area (Å²) in [5.74, 6) is 0.407. The highest BCUT2D eigenvalue weighted by molar-refractivity contribution is 6.30. The Morgan fingerprint density at radius 1 is 1.30 bits per heavy atom. The Kier molecular flexibility index (Phi) is 3.72. The van der Waals surface area contributed by atoms with Gasteiger partial charge < -0.3 is 5.11 Å². The molecule has 0 fully saturated rings. The van der Waals surface area contributed by atoms with E-state index in [1.807, 2.05) is 20.8 Å². The minimum absolute atomic E-state index is 0.174. The number of benzene rings is 1. The van der Waals surface area contributed by atoms with Crippen LogP contribution >= 0.6 is 11.6 Å². The summed E-state index contributed by atoms with van der Waals surface area (Å²) in [6, 6.07) is 8.78. The normalized spacial score (nSPS) is 11.4. The molecule has 2 N–H and O–H groups in total. The maximum atomic E-state index is 10.9. The van der Waals surface area contributed by atoms with E-state index in [1.54, 1.807) is 35.0 Å². The molecule has 1 aromatic heterocycles. The van der Waals surface area contributed by atoms with Gasteiger partial charge in [-0.15, -0.1) is 0 Å². The molecule has 1 amide bonds. The van der Waals surface area contributed by atoms with Crippen molar-refractivity contribution in [2.45, 2.75) is 26.2 Å². The quantitative estimate of drug-likeness (QED) is 0.882. The van der Waals surface area contributed by atoms with Crippen LogP contribution in [0.15, 0.2) is 30.3 Å². The van der Waals surface area contributed by atoms with Gasteiger partial charge in [0.1, 0.15) is 5.82 Å². The molecule has 0 aliphatic rings. The number of hydrogen-bond donors (Lipinski definition) is 2. The molecule has 0 saturated heterocycles. The molecule has 0 spiro atoms. The summed E-state index contributed by atoms with van der Waals surface area (Å²) in [5.41, 5.74) is 1.37. The van der Waals surface area contributed by atoms with Crippen LogP contribution in [0.1, 0.15) is 26.5 Å². The summed E-state index contributed by atoms with van der Waals surface area (Å²) in [6.45, 7) is 6.06. The van der Waals surface area contributed by atoms with E-state index in [1.165, 1.54) is 0 Å². The molecular weight excluding hydrogens is 278 g/mol. The SMILES string of the molecule is CC(C)(C)c1cc(NC(=O)O)n(-c2ccc(Cl)cc2)n1. The fourth-order valence-corrected chi connectivity index (χ4v) is 1.85. The van der Waals surface area contributed by atoms with E-state index in [0.717, 1.165) is 11.4 Å². The maximum Gasteiger partial charge on any atom is 0.410 e. The van der Waals surface area contributed by atoms with Crippen molar-refractivity contribution in [1.82, 2.24) is 9.78 Å². The molecule has 20 heavy (non-hydrogen) atoms. The first-order chi connectivity index (χ1) is 9.27. The fraction of sp³-hybridized carbons (Fsp3) is 0.286. The maximum absolute atomic E-state index is 10.9. The molecule has 2 aromatic rings. The van der Waals surface area contributed by atoms with Crippen molar-refractivity contribution in [2.24, 2.45) is 0 Å². The fourth-order valence-electron chi connectivity index (χ4n) is 1.73. The van der Waals surface area contributed by atoms with E-state index >= 15 is 0 Å². The van der Waals surface area contributed by atoms with E-state index in [-0.39, 0.29) is 5.41 Å². The van der Waals surface area contributed by atoms with Gasteiger partial charge in [0.05, 0.1) is 11.4 Å². The van der Waals surface area contributed by atoms with Crippen molar-refractivity contribution in [1.29, 1.82) is 0 Å². The number of anilines is 1. The predicted molar refractivity (Wildman–Crippen MR) is 78.9 cm³/mol. The van der Waals surface area contributed by atoms with Crippen LogP contribution in [0.4, 0.5) is 10.6 Å². The Hall–Kier alpha value is -2.01. The highest BCUT2D eigenvalue weighted by Gasteiger charge is 2.21. The Bertz CT molecular complexity index is 627. The number of carboxylic acid groups (broad SMARTS) is 1. The average Bonchev–Trinajstić information content (AvgIpc) is 2.73. The van der Waals surface area contributed by atoms with E-state index in [4.69, 9.17) is 16.7 Å². The van der Waals surface area contributed by atoms with Gasteiger partial charge in [-0.3, -0.25) is 5.32 Å². The van der Waals surface area contributed by atoms with Gasteiger partial charge >= 0.3 is 6.09 Å². The van der Waals surface area contributed by atoms with Crippen LogP contribution in [0.25, 0.3) is 5.69 Å². The third kappa shape index (κ3) is 3.11. The summed E-state index contributed by atoms with van der Waals surface area (Å²) >= 11 is 5.86. The smallest absolute Gasteiger partial charge is 0.410 e. The van der Waals surface area contributed by atoms with Gasteiger partial charge in [-0.2, -0.15) is 5.10 Å². The van der Waals surface area contributed by atoms with Crippen molar-refractivity contribution in [3.63, 3.8) is 0 Å². The van der Waals surface area contributed by atoms with Crippen LogP contribution in [0.3, 0.4) is 0 Å². The molecule has 2 rings (SSSR count). The lowest BCUT2D eigenvalue weighted by molar-refractivity contribution is 0.209. The number of aromatic nitrogens is 2. The van der Waals surface area contributed by atoms with Crippen molar-refractivity contribution >= 4 is 23.5 Å². The number of amides is 1. The highest BCUT2D eigenvalue weighted by atomic mass is 35.5. The molecule has 0 saturated carbocycles. The first-order valence-electron chi connectivity index (χ1n) is 6.14. The predicted octanol–water partition coefficient (Wildman–Crippen LogP) is 3.91. The lowest BCUT2D eigenvalue weighted by Gasteiger charge is -2.14. The topological polar surface area (TPSA) is 67.2 Å². The van der Waals surface area contributed by atoms with Crippen LogP contribution in [0.2, 0.25) is 5.02 Å². The van der Waals surface area contributed by atoms with Gasteiger partial charge in [-0.1, -0.05) is 32.4 Å². The Morgan fingerprint density at radius 2 is 1.90 bits per heavy atom. The molecule has 0 atom stereocenters. The van der Waals surface area contributed by atoms with Crippen LogP contribution in [0.5, 0.6) is 0 Å². The standard InChI is InChI=1S/C14H16ClN3O2/c1-14(2,3)11-8-12(16-13(19)20)18(17-11)10-6-4-9(15)5-7-10/h4-8,16H,1-3H3,(H,19,20). The van der Waals surface area contributed by atoms with E-state index in [9.17, 15) is 4.79 Å². The van der Waals surface area contributed by atoms with Crippen LogP contribution in [-0.2, 0) is 5.41 Å². The van der Waals surface area contributed by atoms with Gasteiger partial charge in [0.2, 0.25) is 0 Å². The number of halogens is 1. The van der Waals surface area contributed by atoms with E-state index in [2.05, 4.69) is 10.4 Å². The summed E-state index contributed by atoms with van der Waals surface area (Å²) in [7, 11) is 0. The molecule has 0 unspecified atom stereocenters. The highest BCUT2D eigenvalue weighted by Crippen LogP contribution is 2.26. The zero-order valence-electron chi connectivity index (χ0n) is 11.5. The second-order valence-electron chi connectivity index (χ2n) is 5.48. The summed E-state index contributed by atoms with van der Waals surface area (Å²) < 4.78 is 1.56. The second-order valence-corrected chi connectivity index (χ2v) is 5.92. The minimum atomic E-state index is -1.12. The molecule has 6 heteroatoms. The van der Waals surface area contributed by atoms with Gasteiger partial charge in [0.15, 0.2) is 0 Å². The van der Waals surface area contributed by atoms with Crippen molar-refractivity contribution < 1.29 is 9.90 Å². The second kappa shape index (κ2) is 5.17. The van der Waals surface area contributed by atoms with Crippen LogP contribution < -0.4 is 5.32 Å². The zero-order valence-corrected chi connectivity index (χ0v) is 12.3. The number of rotatable bonds is 2. The molecule has 0 aliphatic carbocycles. The molecule has 0 aliphatic heterocycles. The molecule has 0 bridgehead atoms. The number of carbonyl (C=O) groups is 1. The Labute approximate surface area is 122 Å². The monoisotopic (exact) mass is 293 g/mol. The minimum Gasteiger partial charge on any atom is -0.465 e. The Morgan fingerprint density at radius 3 is 2.40 bits per heavy atom. The van der Waals surface area contributed by atoms with E-state index in [0.29, 0.717) is 10.8 Å². The lowest BCUT2D eigenvalue weighted by Crippen LogP contribution is -2.13. The average molecular weight is 294 g/mol. The van der Waals surface area contributed by atoms with Crippen molar-refractivity contribution in [3.8, 4) is 5.69 Å². The summed E-state index contributed by atoms with van der Waals surface area (Å²) in [6.07, 6.45) is -1.12. The largest absolute Gasteiger partial charge is 0.465 e. The van der Waals surface area contributed by atoms with Gasteiger partial charge in [-0.05, 0) is 24.3 Å². The molecule has 0 radical (unpaired) electrons. The molecule has 5 nitrogen and oxygen atoms in total. The van der Waals surface area contributed by atoms with E-state index < -0.39 is 6.09 Å². The number of nitrogens with zero attached hydrogens (tertiary/aromatic N) is 2. The summed E-state index contributed by atoms with van der Waals surface area (Å²) in [4.78, 5) is 10.9. The number of nitrogens with one attached hydrogen (secondary N) is 1. The van der Waals surface area contributed by atoms with Crippen LogP contribution in [0, 0.1) is 0 Å². The summed E-state index contributed by atoms with van der Waals surface area (Å²) in [5, 5.41) is 16.4. The van der Waals surface area contributed by atoms with Crippen molar-refractivity contribution in [3.05, 3.63) is 41.0 Å². The Balaban J connectivity index is 2.52. The zero-order chi connectivity index (χ0) is 14.9.